The highest BCUT2D eigenvalue weighted by molar-refractivity contribution is 5.71. The van der Waals surface area contributed by atoms with Crippen LogP contribution in [0.3, 0.4) is 0 Å². The SMILES string of the molecule is CCN(CC)Cc1cc(C2CCc3ccc(C(C4CCC4)[C@H](C)C(=O)O)cc3O2)ccc1-c1cc(OC)ncc1F. The Kier molecular flexibility index (Phi) is 8.93. The number of aliphatic carboxylic acids is 1. The van der Waals surface area contributed by atoms with Crippen LogP contribution in [0.25, 0.3) is 11.1 Å². The van der Waals surface area contributed by atoms with Crippen molar-refractivity contribution in [1.82, 2.24) is 9.88 Å². The average Bonchev–Trinajstić information content (AvgIpc) is 2.97. The molecule has 41 heavy (non-hydrogen) atoms. The number of benzene rings is 2. The molecule has 2 unspecified atom stereocenters. The number of carbonyl (C=O) groups is 1. The fraction of sp³-hybridized carbons (Fsp3) is 0.471. The van der Waals surface area contributed by atoms with Crippen LogP contribution in [0, 0.1) is 17.7 Å². The number of hydrogen-bond donors (Lipinski definition) is 1. The lowest BCUT2D eigenvalue weighted by atomic mass is 9.68. The van der Waals surface area contributed by atoms with Crippen LogP contribution in [0.4, 0.5) is 4.39 Å². The van der Waals surface area contributed by atoms with E-state index >= 15 is 0 Å². The van der Waals surface area contributed by atoms with Gasteiger partial charge in [0, 0.05) is 18.2 Å². The van der Waals surface area contributed by atoms with E-state index in [4.69, 9.17) is 9.47 Å². The van der Waals surface area contributed by atoms with E-state index in [2.05, 4.69) is 48.0 Å². The Balaban J connectivity index is 1.47. The molecule has 218 valence electrons. The maximum atomic E-state index is 15.0. The van der Waals surface area contributed by atoms with Crippen molar-refractivity contribution >= 4 is 5.97 Å². The molecule has 0 bridgehead atoms. The van der Waals surface area contributed by atoms with Crippen LogP contribution in [0.15, 0.2) is 48.7 Å². The molecule has 2 aliphatic rings. The van der Waals surface area contributed by atoms with Gasteiger partial charge in [-0.05, 0) is 84.5 Å². The standard InChI is InChI=1S/C34H41FN2O4/c1-5-37(6-2)20-26-16-24(12-14-27(26)28-18-32(40-4)36-19-29(28)35)30-15-13-22-10-11-25(17-31(22)41-30)33(21(3)34(38)39)23-8-7-9-23/h10-12,14,16-19,21,23,30,33H,5-9,13,15,20H2,1-4H3,(H,38,39)/t21-,30?,33?/m0/s1. The number of nitrogens with zero attached hydrogens (tertiary/aromatic N) is 2. The second kappa shape index (κ2) is 12.6. The zero-order valence-electron chi connectivity index (χ0n) is 24.5. The number of aromatic nitrogens is 1. The molecule has 1 fully saturated rings. The number of carboxylic acid groups (broad SMARTS) is 1. The molecule has 1 aliphatic heterocycles. The Morgan fingerprint density at radius 1 is 1.12 bits per heavy atom. The summed E-state index contributed by atoms with van der Waals surface area (Å²) in [7, 11) is 1.53. The van der Waals surface area contributed by atoms with E-state index in [1.807, 2.05) is 19.1 Å². The molecular formula is C34H41FN2O4. The molecule has 7 heteroatoms. The summed E-state index contributed by atoms with van der Waals surface area (Å²) in [4.78, 5) is 18.3. The van der Waals surface area contributed by atoms with E-state index < -0.39 is 11.9 Å². The monoisotopic (exact) mass is 560 g/mol. The maximum Gasteiger partial charge on any atom is 0.306 e. The Morgan fingerprint density at radius 2 is 1.90 bits per heavy atom. The van der Waals surface area contributed by atoms with Crippen molar-refractivity contribution in [2.75, 3.05) is 20.2 Å². The number of rotatable bonds is 11. The Labute approximate surface area is 242 Å². The highest BCUT2D eigenvalue weighted by Crippen LogP contribution is 2.46. The van der Waals surface area contributed by atoms with Crippen LogP contribution in [-0.4, -0.2) is 41.2 Å². The molecule has 0 spiro atoms. The molecule has 0 amide bonds. The van der Waals surface area contributed by atoms with E-state index in [-0.39, 0.29) is 17.8 Å². The first kappa shape index (κ1) is 29.1. The summed E-state index contributed by atoms with van der Waals surface area (Å²) in [5.41, 5.74) is 5.60. The van der Waals surface area contributed by atoms with Gasteiger partial charge in [0.1, 0.15) is 17.7 Å². The van der Waals surface area contributed by atoms with Crippen molar-refractivity contribution in [1.29, 1.82) is 0 Å². The van der Waals surface area contributed by atoms with Crippen molar-refractivity contribution in [2.24, 2.45) is 11.8 Å². The van der Waals surface area contributed by atoms with Crippen LogP contribution in [0.5, 0.6) is 11.6 Å². The Bertz CT molecular complexity index is 1390. The lowest BCUT2D eigenvalue weighted by Crippen LogP contribution is -2.30. The molecular weight excluding hydrogens is 519 g/mol. The normalized spacial score (nSPS) is 18.2. The smallest absolute Gasteiger partial charge is 0.306 e. The number of ether oxygens (including phenoxy) is 2. The molecule has 3 atom stereocenters. The molecule has 0 saturated heterocycles. The first-order chi connectivity index (χ1) is 19.8. The van der Waals surface area contributed by atoms with Crippen LogP contribution >= 0.6 is 0 Å². The second-order valence-electron chi connectivity index (χ2n) is 11.4. The molecule has 0 radical (unpaired) electrons. The van der Waals surface area contributed by atoms with Crippen LogP contribution < -0.4 is 9.47 Å². The third-order valence-corrected chi connectivity index (χ3v) is 9.13. The van der Waals surface area contributed by atoms with Gasteiger partial charge in [0.05, 0.1) is 19.2 Å². The third kappa shape index (κ3) is 6.10. The average molecular weight is 561 g/mol. The Hall–Kier alpha value is -3.45. The van der Waals surface area contributed by atoms with Gasteiger partial charge in [-0.3, -0.25) is 9.69 Å². The van der Waals surface area contributed by atoms with Gasteiger partial charge >= 0.3 is 5.97 Å². The fourth-order valence-corrected chi connectivity index (χ4v) is 6.38. The summed E-state index contributed by atoms with van der Waals surface area (Å²) in [6.07, 6.45) is 6.11. The van der Waals surface area contributed by atoms with Crippen molar-refractivity contribution in [3.8, 4) is 22.8 Å². The van der Waals surface area contributed by atoms with E-state index in [1.165, 1.54) is 19.7 Å². The molecule has 1 aromatic heterocycles. The lowest BCUT2D eigenvalue weighted by Gasteiger charge is -2.37. The molecule has 2 heterocycles. The number of pyridine rings is 1. The predicted molar refractivity (Wildman–Crippen MR) is 158 cm³/mol. The molecule has 3 aromatic rings. The molecule has 5 rings (SSSR count). The quantitative estimate of drug-likeness (QED) is 0.263. The number of aryl methyl sites for hydroxylation is 1. The number of carboxylic acids is 1. The van der Waals surface area contributed by atoms with Crippen molar-refractivity contribution in [3.05, 3.63) is 76.7 Å². The van der Waals surface area contributed by atoms with Crippen LogP contribution in [0.2, 0.25) is 0 Å². The van der Waals surface area contributed by atoms with Crippen LogP contribution in [-0.2, 0) is 17.8 Å². The molecule has 2 aromatic carbocycles. The number of fused-ring (bicyclic) bond motifs is 1. The zero-order chi connectivity index (χ0) is 29.1. The summed E-state index contributed by atoms with van der Waals surface area (Å²) in [5.74, 6) is 0.0391. The van der Waals surface area contributed by atoms with Gasteiger partial charge in [-0.25, -0.2) is 9.37 Å². The second-order valence-corrected chi connectivity index (χ2v) is 11.4. The summed E-state index contributed by atoms with van der Waals surface area (Å²) < 4.78 is 26.9. The number of halogens is 1. The minimum Gasteiger partial charge on any atom is -0.485 e. The first-order valence-corrected chi connectivity index (χ1v) is 14.9. The van der Waals surface area contributed by atoms with Gasteiger partial charge in [-0.2, -0.15) is 0 Å². The van der Waals surface area contributed by atoms with E-state index in [1.54, 1.807) is 6.07 Å². The number of methoxy groups -OCH3 is 1. The van der Waals surface area contributed by atoms with Gasteiger partial charge in [-0.1, -0.05) is 57.5 Å². The van der Waals surface area contributed by atoms with Crippen molar-refractivity contribution in [3.63, 3.8) is 0 Å². The van der Waals surface area contributed by atoms with Crippen molar-refractivity contribution < 1.29 is 23.8 Å². The van der Waals surface area contributed by atoms with Gasteiger partial charge < -0.3 is 14.6 Å². The molecule has 1 saturated carbocycles. The van der Waals surface area contributed by atoms with Gasteiger partial charge in [-0.15, -0.1) is 0 Å². The zero-order valence-corrected chi connectivity index (χ0v) is 24.5. The van der Waals surface area contributed by atoms with E-state index in [9.17, 15) is 14.3 Å². The van der Waals surface area contributed by atoms with Crippen molar-refractivity contribution in [2.45, 2.75) is 71.4 Å². The molecule has 1 aliphatic carbocycles. The fourth-order valence-electron chi connectivity index (χ4n) is 6.38. The van der Waals surface area contributed by atoms with Gasteiger partial charge in [0.15, 0.2) is 0 Å². The molecule has 6 nitrogen and oxygen atoms in total. The topological polar surface area (TPSA) is 71.9 Å². The van der Waals surface area contributed by atoms with Gasteiger partial charge in [0.2, 0.25) is 5.88 Å². The minimum atomic E-state index is -0.748. The summed E-state index contributed by atoms with van der Waals surface area (Å²) >= 11 is 0. The largest absolute Gasteiger partial charge is 0.485 e. The first-order valence-electron chi connectivity index (χ1n) is 14.9. The van der Waals surface area contributed by atoms with E-state index in [0.29, 0.717) is 23.9 Å². The van der Waals surface area contributed by atoms with Gasteiger partial charge in [0.25, 0.3) is 0 Å². The third-order valence-electron chi connectivity index (χ3n) is 9.13. The predicted octanol–water partition coefficient (Wildman–Crippen LogP) is 7.41. The highest BCUT2D eigenvalue weighted by Gasteiger charge is 2.36. The lowest BCUT2D eigenvalue weighted by molar-refractivity contribution is -0.142. The summed E-state index contributed by atoms with van der Waals surface area (Å²) in [6, 6.07) is 14.2. The maximum absolute atomic E-state index is 15.0. The van der Waals surface area contributed by atoms with E-state index in [0.717, 1.165) is 72.3 Å². The summed E-state index contributed by atoms with van der Waals surface area (Å²) in [6.45, 7) is 8.54. The Morgan fingerprint density at radius 3 is 2.56 bits per heavy atom. The number of hydrogen-bond acceptors (Lipinski definition) is 5. The molecule has 1 N–H and O–H groups in total. The summed E-state index contributed by atoms with van der Waals surface area (Å²) in [5, 5.41) is 9.82. The van der Waals surface area contributed by atoms with Crippen LogP contribution in [0.1, 0.15) is 80.7 Å². The highest BCUT2D eigenvalue weighted by atomic mass is 19.1. The minimum absolute atomic E-state index is 0.0114.